The van der Waals surface area contributed by atoms with Gasteiger partial charge in [0.05, 0.1) is 5.52 Å². The summed E-state index contributed by atoms with van der Waals surface area (Å²) in [7, 11) is 0. The predicted molar refractivity (Wildman–Crippen MR) is 150 cm³/mol. The third-order valence-corrected chi connectivity index (χ3v) is 7.97. The van der Waals surface area contributed by atoms with Gasteiger partial charge in [-0.15, -0.1) is 0 Å². The van der Waals surface area contributed by atoms with Gasteiger partial charge in [-0.05, 0) is 68.4 Å². The molecule has 0 atom stereocenters. The van der Waals surface area contributed by atoms with Crippen LogP contribution in [-0.2, 0) is 19.4 Å². The number of hydrogen-bond acceptors (Lipinski definition) is 2. The van der Waals surface area contributed by atoms with Crippen LogP contribution < -0.4 is 0 Å². The van der Waals surface area contributed by atoms with Crippen molar-refractivity contribution in [3.8, 4) is 0 Å². The SMILES string of the molecule is Cc1cccc2c3c([nH]c12)CCCC3=O.Cc1cccc2c3c(n(Cc4ccc(F)cc4)c12)CCCC3=O. The molecule has 0 spiro atoms. The molecule has 192 valence electrons. The summed E-state index contributed by atoms with van der Waals surface area (Å²) in [5, 5.41) is 2.17. The molecule has 2 aliphatic carbocycles. The molecule has 2 aromatic heterocycles. The molecule has 0 unspecified atom stereocenters. The fourth-order valence-electron chi connectivity index (χ4n) is 6.18. The summed E-state index contributed by atoms with van der Waals surface area (Å²) in [6, 6.07) is 18.9. The number of fused-ring (bicyclic) bond motifs is 6. The average Bonchev–Trinajstić information content (AvgIpc) is 3.45. The van der Waals surface area contributed by atoms with Gasteiger partial charge in [-0.1, -0.05) is 48.5 Å². The Morgan fingerprint density at radius 1 is 0.763 bits per heavy atom. The van der Waals surface area contributed by atoms with Gasteiger partial charge in [0.25, 0.3) is 0 Å². The van der Waals surface area contributed by atoms with Crippen LogP contribution in [0.4, 0.5) is 4.39 Å². The number of Topliss-reactive ketones (excluding diaryl/α,β-unsaturated/α-hetero) is 2. The summed E-state index contributed by atoms with van der Waals surface area (Å²) in [4.78, 5) is 27.7. The lowest BCUT2D eigenvalue weighted by Crippen LogP contribution is -2.13. The Balaban J connectivity index is 0.000000152. The van der Waals surface area contributed by atoms with Crippen molar-refractivity contribution in [1.29, 1.82) is 0 Å². The Kier molecular flexibility index (Phi) is 6.22. The van der Waals surface area contributed by atoms with E-state index in [0.717, 1.165) is 75.6 Å². The minimum absolute atomic E-state index is 0.223. The van der Waals surface area contributed by atoms with E-state index >= 15 is 0 Å². The molecular weight excluding hydrogens is 475 g/mol. The number of aromatic nitrogens is 2. The van der Waals surface area contributed by atoms with Crippen LogP contribution in [0.5, 0.6) is 0 Å². The van der Waals surface area contributed by atoms with E-state index in [4.69, 9.17) is 0 Å². The zero-order valence-corrected chi connectivity index (χ0v) is 21.9. The minimum atomic E-state index is -0.223. The van der Waals surface area contributed by atoms with Crippen LogP contribution in [0.3, 0.4) is 0 Å². The van der Waals surface area contributed by atoms with Crippen LogP contribution in [-0.4, -0.2) is 21.1 Å². The largest absolute Gasteiger partial charge is 0.358 e. The molecule has 5 aromatic rings. The van der Waals surface area contributed by atoms with Crippen LogP contribution in [0.25, 0.3) is 21.8 Å². The first-order chi connectivity index (χ1) is 18.4. The second-order valence-corrected chi connectivity index (χ2v) is 10.5. The number of carbonyl (C=O) groups excluding carboxylic acids is 2. The number of ketones is 2. The summed E-state index contributed by atoms with van der Waals surface area (Å²) < 4.78 is 15.4. The van der Waals surface area contributed by atoms with Gasteiger partial charge >= 0.3 is 0 Å². The molecule has 0 radical (unpaired) electrons. The van der Waals surface area contributed by atoms with Crippen LogP contribution in [0.15, 0.2) is 60.7 Å². The van der Waals surface area contributed by atoms with E-state index in [2.05, 4.69) is 35.5 Å². The predicted octanol–water partition coefficient (Wildman–Crippen LogP) is 7.65. The fourth-order valence-corrected chi connectivity index (χ4v) is 6.18. The van der Waals surface area contributed by atoms with Crippen molar-refractivity contribution < 1.29 is 14.0 Å². The summed E-state index contributed by atoms with van der Waals surface area (Å²) >= 11 is 0. The van der Waals surface area contributed by atoms with Crippen molar-refractivity contribution in [3.63, 3.8) is 0 Å². The van der Waals surface area contributed by atoms with E-state index in [-0.39, 0.29) is 11.6 Å². The Morgan fingerprint density at radius 2 is 1.42 bits per heavy atom. The quantitative estimate of drug-likeness (QED) is 0.267. The number of benzene rings is 3. The first kappa shape index (κ1) is 24.4. The maximum atomic E-state index is 13.2. The third kappa shape index (κ3) is 4.16. The lowest BCUT2D eigenvalue weighted by Gasteiger charge is -2.16. The highest BCUT2D eigenvalue weighted by Gasteiger charge is 2.26. The summed E-state index contributed by atoms with van der Waals surface area (Å²) in [6.45, 7) is 4.83. The number of aromatic amines is 1. The molecule has 3 aromatic carbocycles. The highest BCUT2D eigenvalue weighted by molar-refractivity contribution is 6.11. The Bertz CT molecular complexity index is 1710. The standard InChI is InChI=1S/C20H18FNO.C13H13NO/c1-13-4-2-5-16-19-17(6-3-7-18(19)23)22(20(13)16)12-14-8-10-15(21)11-9-14;1-8-4-2-5-9-12-10(14-13(8)9)6-3-7-11(12)15/h2,4-5,8-11H,3,6-7,12H2,1H3;2,4-5,14H,3,6-7H2,1H3. The van der Waals surface area contributed by atoms with Gasteiger partial charge in [0.2, 0.25) is 0 Å². The minimum Gasteiger partial charge on any atom is -0.358 e. The first-order valence-corrected chi connectivity index (χ1v) is 13.4. The van der Waals surface area contributed by atoms with E-state index in [9.17, 15) is 14.0 Å². The number of carbonyl (C=O) groups is 2. The van der Waals surface area contributed by atoms with Crippen LogP contribution in [0.2, 0.25) is 0 Å². The Hall–Kier alpha value is -3.99. The smallest absolute Gasteiger partial charge is 0.165 e. The van der Waals surface area contributed by atoms with E-state index in [1.54, 1.807) is 0 Å². The molecule has 2 aliphatic rings. The van der Waals surface area contributed by atoms with Crippen molar-refractivity contribution in [2.75, 3.05) is 0 Å². The molecule has 0 bridgehead atoms. The Morgan fingerprint density at radius 3 is 2.18 bits per heavy atom. The lowest BCUT2D eigenvalue weighted by atomic mass is 9.94. The molecule has 2 heterocycles. The van der Waals surface area contributed by atoms with Crippen molar-refractivity contribution in [2.45, 2.75) is 58.9 Å². The summed E-state index contributed by atoms with van der Waals surface area (Å²) in [5.74, 6) is 0.326. The zero-order chi connectivity index (χ0) is 26.4. The number of rotatable bonds is 2. The van der Waals surface area contributed by atoms with Gasteiger partial charge in [0.15, 0.2) is 11.6 Å². The third-order valence-electron chi connectivity index (χ3n) is 7.97. The normalized spacial score (nSPS) is 14.8. The van der Waals surface area contributed by atoms with Gasteiger partial charge in [-0.3, -0.25) is 9.59 Å². The van der Waals surface area contributed by atoms with E-state index in [1.807, 2.05) is 36.4 Å². The zero-order valence-electron chi connectivity index (χ0n) is 21.9. The van der Waals surface area contributed by atoms with Crippen LogP contribution in [0.1, 0.15) is 74.5 Å². The maximum absolute atomic E-state index is 13.2. The molecular formula is C33H31FN2O2. The van der Waals surface area contributed by atoms with Gasteiger partial charge in [-0.2, -0.15) is 0 Å². The van der Waals surface area contributed by atoms with Gasteiger partial charge in [-0.25, -0.2) is 4.39 Å². The molecule has 0 aliphatic heterocycles. The van der Waals surface area contributed by atoms with Crippen LogP contribution in [0, 0.1) is 19.7 Å². The first-order valence-electron chi connectivity index (χ1n) is 13.4. The van der Waals surface area contributed by atoms with Gasteiger partial charge in [0, 0.05) is 58.2 Å². The number of hydrogen-bond donors (Lipinski definition) is 1. The number of nitrogens with zero attached hydrogens (tertiary/aromatic N) is 1. The second-order valence-electron chi connectivity index (χ2n) is 10.5. The van der Waals surface area contributed by atoms with Crippen molar-refractivity contribution in [1.82, 2.24) is 9.55 Å². The molecule has 5 heteroatoms. The molecule has 7 rings (SSSR count). The van der Waals surface area contributed by atoms with Crippen molar-refractivity contribution >= 4 is 33.4 Å². The summed E-state index contributed by atoms with van der Waals surface area (Å²) in [6.07, 6.45) is 5.17. The summed E-state index contributed by atoms with van der Waals surface area (Å²) in [5.41, 5.74) is 9.83. The average molecular weight is 507 g/mol. The van der Waals surface area contributed by atoms with Gasteiger partial charge in [0.1, 0.15) is 5.82 Å². The monoisotopic (exact) mass is 506 g/mol. The maximum Gasteiger partial charge on any atom is 0.165 e. The second kappa shape index (κ2) is 9.71. The molecule has 0 fully saturated rings. The molecule has 0 saturated heterocycles. The van der Waals surface area contributed by atoms with E-state index in [0.29, 0.717) is 25.2 Å². The van der Waals surface area contributed by atoms with E-state index < -0.39 is 0 Å². The Labute approximate surface area is 221 Å². The number of aryl methyl sites for hydroxylation is 3. The molecule has 0 saturated carbocycles. The lowest BCUT2D eigenvalue weighted by molar-refractivity contribution is 0.0965. The molecule has 4 nitrogen and oxygen atoms in total. The van der Waals surface area contributed by atoms with Crippen molar-refractivity contribution in [3.05, 3.63) is 106 Å². The highest BCUT2D eigenvalue weighted by Crippen LogP contribution is 2.34. The number of para-hydroxylation sites is 2. The molecule has 38 heavy (non-hydrogen) atoms. The van der Waals surface area contributed by atoms with Gasteiger partial charge < -0.3 is 9.55 Å². The number of halogens is 1. The van der Waals surface area contributed by atoms with Crippen molar-refractivity contribution in [2.24, 2.45) is 0 Å². The topological polar surface area (TPSA) is 54.9 Å². The molecule has 1 N–H and O–H groups in total. The number of H-pyrrole nitrogens is 1. The number of nitrogens with one attached hydrogen (secondary N) is 1. The highest BCUT2D eigenvalue weighted by atomic mass is 19.1. The fraction of sp³-hybridized carbons (Fsp3) is 0.273. The van der Waals surface area contributed by atoms with E-state index in [1.165, 1.54) is 23.3 Å². The molecule has 0 amide bonds. The van der Waals surface area contributed by atoms with Crippen LogP contribution >= 0.6 is 0 Å².